The normalized spacial score (nSPS) is 12.2. The van der Waals surface area contributed by atoms with Crippen LogP contribution in [0.2, 0.25) is 0 Å². The highest BCUT2D eigenvalue weighted by Gasteiger charge is 2.26. The predicted molar refractivity (Wildman–Crippen MR) is 68.5 cm³/mol. The molecule has 4 nitrogen and oxygen atoms in total. The van der Waals surface area contributed by atoms with Crippen LogP contribution >= 0.6 is 0 Å². The Balaban J connectivity index is 2.63. The fraction of sp³-hybridized carbons (Fsp3) is 0.462. The van der Waals surface area contributed by atoms with Crippen molar-refractivity contribution >= 4 is 6.21 Å². The van der Waals surface area contributed by atoms with Crippen LogP contribution in [-0.4, -0.2) is 32.2 Å². The van der Waals surface area contributed by atoms with Gasteiger partial charge in [0.1, 0.15) is 6.61 Å². The highest BCUT2D eigenvalue weighted by Crippen LogP contribution is 2.30. The highest BCUT2D eigenvalue weighted by molar-refractivity contribution is 5.80. The van der Waals surface area contributed by atoms with Crippen molar-refractivity contribution in [1.29, 1.82) is 0 Å². The summed E-state index contributed by atoms with van der Waals surface area (Å²) in [4.78, 5) is 4.58. The first kappa shape index (κ1) is 19.8. The summed E-state index contributed by atoms with van der Waals surface area (Å²) in [6, 6.07) is 3.08. The Morgan fingerprint density at radius 3 is 2.21 bits per heavy atom. The lowest BCUT2D eigenvalue weighted by Gasteiger charge is -2.11. The van der Waals surface area contributed by atoms with Gasteiger partial charge in [0.05, 0.1) is 6.21 Å². The van der Waals surface area contributed by atoms with Crippen LogP contribution < -0.4 is 9.47 Å². The molecule has 1 aromatic carbocycles. The molecule has 0 atom stereocenters. The van der Waals surface area contributed by atoms with Gasteiger partial charge in [-0.15, -0.1) is 0 Å². The fourth-order valence-corrected chi connectivity index (χ4v) is 1.47. The van der Waals surface area contributed by atoms with E-state index in [2.05, 4.69) is 19.5 Å². The summed E-state index contributed by atoms with van der Waals surface area (Å²) in [6.45, 7) is -6.81. The zero-order valence-electron chi connectivity index (χ0n) is 11.9. The minimum Gasteiger partial charge on any atom is -0.431 e. The molecule has 0 N–H and O–H groups in total. The number of oxime groups is 1. The number of hydrogen-bond donors (Lipinski definition) is 0. The first-order valence-corrected chi connectivity index (χ1v) is 6.43. The quantitative estimate of drug-likeness (QED) is 0.279. The van der Waals surface area contributed by atoms with Gasteiger partial charge < -0.3 is 14.3 Å². The summed E-state index contributed by atoms with van der Waals surface area (Å²) in [5, 5.41) is 3.35. The van der Waals surface area contributed by atoms with E-state index in [9.17, 15) is 30.7 Å². The summed E-state index contributed by atoms with van der Waals surface area (Å²) in [6.07, 6.45) is -4.64. The van der Waals surface area contributed by atoms with E-state index < -0.39 is 37.3 Å². The maximum atomic E-state index is 12.2. The van der Waals surface area contributed by atoms with Crippen molar-refractivity contribution in [3.63, 3.8) is 0 Å². The predicted octanol–water partition coefficient (Wildman–Crippen LogP) is 4.58. The molecule has 0 bridgehead atoms. The monoisotopic (exact) mass is 363 g/mol. The number of nitrogens with zero attached hydrogens (tertiary/aromatic N) is 1. The molecule has 24 heavy (non-hydrogen) atoms. The summed E-state index contributed by atoms with van der Waals surface area (Å²) in [7, 11) is 0. The fourth-order valence-electron chi connectivity index (χ4n) is 1.47. The molecule has 0 unspecified atom stereocenters. The molecule has 1 rings (SSSR count). The van der Waals surface area contributed by atoms with E-state index >= 15 is 0 Å². The average molecular weight is 363 g/mol. The van der Waals surface area contributed by atoms with Crippen molar-refractivity contribution in [2.45, 2.75) is 32.2 Å². The molecule has 136 valence electrons. The van der Waals surface area contributed by atoms with Gasteiger partial charge in [-0.25, -0.2) is 0 Å². The van der Waals surface area contributed by atoms with Gasteiger partial charge >= 0.3 is 19.4 Å². The number of ether oxygens (including phenoxy) is 2. The molecule has 0 aromatic heterocycles. The van der Waals surface area contributed by atoms with Crippen LogP contribution in [0.15, 0.2) is 23.4 Å². The van der Waals surface area contributed by atoms with Gasteiger partial charge in [-0.2, -0.15) is 30.7 Å². The first-order valence-electron chi connectivity index (χ1n) is 6.43. The third-order valence-electron chi connectivity index (χ3n) is 2.37. The van der Waals surface area contributed by atoms with Crippen molar-refractivity contribution in [2.24, 2.45) is 5.16 Å². The zero-order valence-corrected chi connectivity index (χ0v) is 11.9. The van der Waals surface area contributed by atoms with Crippen molar-refractivity contribution in [2.75, 3.05) is 6.61 Å². The minimum atomic E-state index is -4.30. The van der Waals surface area contributed by atoms with Gasteiger partial charge in [0, 0.05) is 12.0 Å². The number of rotatable bonds is 9. The number of alkyl halides is 7. The number of benzene rings is 1. The lowest BCUT2D eigenvalue weighted by molar-refractivity contribution is -0.137. The molecule has 0 amide bonds. The lowest BCUT2D eigenvalue weighted by Crippen LogP contribution is -2.08. The maximum Gasteiger partial charge on any atom is 0.389 e. The Labute approximate surface area is 131 Å². The van der Waals surface area contributed by atoms with E-state index in [-0.39, 0.29) is 18.6 Å². The molecule has 1 aromatic rings. The van der Waals surface area contributed by atoms with Crippen LogP contribution in [0.25, 0.3) is 0 Å². The Kier molecular flexibility index (Phi) is 7.59. The summed E-state index contributed by atoms with van der Waals surface area (Å²) in [5.74, 6) is -1.25. The Morgan fingerprint density at radius 2 is 1.62 bits per heavy atom. The number of hydrogen-bond acceptors (Lipinski definition) is 4. The molecule has 0 aliphatic heterocycles. The van der Waals surface area contributed by atoms with Crippen molar-refractivity contribution in [3.05, 3.63) is 23.8 Å². The number of halogens is 7. The average Bonchev–Trinajstić information content (AvgIpc) is 2.43. The molecule has 0 radical (unpaired) electrons. The van der Waals surface area contributed by atoms with Gasteiger partial charge in [-0.3, -0.25) is 0 Å². The highest BCUT2D eigenvalue weighted by atomic mass is 19.4. The molecule has 0 heterocycles. The second kappa shape index (κ2) is 9.18. The summed E-state index contributed by atoms with van der Waals surface area (Å²) < 4.78 is 92.5. The van der Waals surface area contributed by atoms with Crippen LogP contribution in [0.5, 0.6) is 11.5 Å². The smallest absolute Gasteiger partial charge is 0.389 e. The van der Waals surface area contributed by atoms with Crippen molar-refractivity contribution < 1.29 is 45.0 Å². The second-order valence-electron chi connectivity index (χ2n) is 4.25. The molecule has 0 aliphatic carbocycles. The van der Waals surface area contributed by atoms with Gasteiger partial charge in [0.25, 0.3) is 0 Å². The van der Waals surface area contributed by atoms with E-state index in [1.54, 1.807) is 0 Å². The van der Waals surface area contributed by atoms with Crippen LogP contribution in [0, 0.1) is 0 Å². The summed E-state index contributed by atoms with van der Waals surface area (Å²) >= 11 is 0. The zero-order chi connectivity index (χ0) is 18.2. The molecule has 0 spiro atoms. The Hall–Kier alpha value is -2.20. The molecule has 0 aliphatic rings. The first-order chi connectivity index (χ1) is 11.2. The standard InChI is InChI=1S/C13H12F7NO3/c14-11(15)23-9-3-2-8(6-10(9)24-12(16)17)7-21-22-5-1-4-13(18,19)20/h2-3,6-7,11-12H,1,4-5H2/b21-7+. The molecule has 0 saturated carbocycles. The van der Waals surface area contributed by atoms with E-state index in [0.717, 1.165) is 18.3 Å². The van der Waals surface area contributed by atoms with Crippen molar-refractivity contribution in [1.82, 2.24) is 0 Å². The SMILES string of the molecule is FC(F)Oc1ccc(/C=N/OCCCC(F)(F)F)cc1OC(F)F. The van der Waals surface area contributed by atoms with Gasteiger partial charge in [0.2, 0.25) is 0 Å². The van der Waals surface area contributed by atoms with E-state index in [1.807, 2.05) is 0 Å². The van der Waals surface area contributed by atoms with Gasteiger partial charge in [-0.05, 0) is 24.6 Å². The molecule has 0 fully saturated rings. The largest absolute Gasteiger partial charge is 0.431 e. The lowest BCUT2D eigenvalue weighted by atomic mass is 10.2. The van der Waals surface area contributed by atoms with E-state index in [4.69, 9.17) is 0 Å². The van der Waals surface area contributed by atoms with Gasteiger partial charge in [-0.1, -0.05) is 5.16 Å². The minimum absolute atomic E-state index is 0.128. The molecule has 0 saturated heterocycles. The van der Waals surface area contributed by atoms with E-state index in [0.29, 0.717) is 0 Å². The van der Waals surface area contributed by atoms with Gasteiger partial charge in [0.15, 0.2) is 11.5 Å². The van der Waals surface area contributed by atoms with E-state index in [1.165, 1.54) is 6.07 Å². The van der Waals surface area contributed by atoms with Crippen molar-refractivity contribution in [3.8, 4) is 11.5 Å². The van der Waals surface area contributed by atoms with Crippen LogP contribution in [0.4, 0.5) is 30.7 Å². The third-order valence-corrected chi connectivity index (χ3v) is 2.37. The Morgan fingerprint density at radius 1 is 1.00 bits per heavy atom. The Bertz CT molecular complexity index is 535. The second-order valence-corrected chi connectivity index (χ2v) is 4.25. The molecule has 11 heteroatoms. The molecular formula is C13H12F7NO3. The topological polar surface area (TPSA) is 40.0 Å². The molecular weight excluding hydrogens is 351 g/mol. The third kappa shape index (κ3) is 8.44. The van der Waals surface area contributed by atoms with Crippen LogP contribution in [-0.2, 0) is 4.84 Å². The summed E-state index contributed by atoms with van der Waals surface area (Å²) in [5.41, 5.74) is 0.128. The van der Waals surface area contributed by atoms with Crippen LogP contribution in [0.3, 0.4) is 0 Å². The maximum absolute atomic E-state index is 12.2. The van der Waals surface area contributed by atoms with Crippen LogP contribution in [0.1, 0.15) is 18.4 Å².